The predicted molar refractivity (Wildman–Crippen MR) is 83.5 cm³/mol. The van der Waals surface area contributed by atoms with E-state index < -0.39 is 43.4 Å². The van der Waals surface area contributed by atoms with Crippen LogP contribution in [-0.4, -0.2) is 75.6 Å². The van der Waals surface area contributed by atoms with Crippen LogP contribution in [0.15, 0.2) is 23.3 Å². The molecule has 7 heteroatoms. The van der Waals surface area contributed by atoms with Gasteiger partial charge in [0.2, 0.25) is 0 Å². The van der Waals surface area contributed by atoms with Crippen LogP contribution in [0.3, 0.4) is 0 Å². The van der Waals surface area contributed by atoms with Gasteiger partial charge < -0.3 is 35.0 Å². The highest BCUT2D eigenvalue weighted by Crippen LogP contribution is 2.22. The lowest BCUT2D eigenvalue weighted by molar-refractivity contribution is -0.298. The molecule has 1 aliphatic heterocycles. The Morgan fingerprint density at radius 3 is 2.30 bits per heavy atom. The van der Waals surface area contributed by atoms with E-state index in [2.05, 4.69) is 0 Å². The molecule has 0 aromatic rings. The van der Waals surface area contributed by atoms with Gasteiger partial charge in [-0.3, -0.25) is 0 Å². The molecule has 1 aliphatic rings. The van der Waals surface area contributed by atoms with Crippen molar-refractivity contribution in [1.29, 1.82) is 0 Å². The molecule has 1 rings (SSSR count). The summed E-state index contributed by atoms with van der Waals surface area (Å²) in [4.78, 5) is 0. The number of aliphatic hydroxyl groups excluding tert-OH is 5. The molecule has 23 heavy (non-hydrogen) atoms. The lowest BCUT2D eigenvalue weighted by Gasteiger charge is -2.39. The number of ether oxygens (including phenoxy) is 2. The van der Waals surface area contributed by atoms with Crippen LogP contribution in [0.5, 0.6) is 0 Å². The van der Waals surface area contributed by atoms with Gasteiger partial charge in [-0.2, -0.15) is 0 Å². The average molecular weight is 332 g/mol. The van der Waals surface area contributed by atoms with Gasteiger partial charge in [0.25, 0.3) is 0 Å². The summed E-state index contributed by atoms with van der Waals surface area (Å²) in [6.45, 7) is 5.23. The van der Waals surface area contributed by atoms with Crippen molar-refractivity contribution in [3.8, 4) is 0 Å². The predicted octanol–water partition coefficient (Wildman–Crippen LogP) is -0.534. The van der Waals surface area contributed by atoms with Crippen molar-refractivity contribution in [3.05, 3.63) is 23.3 Å². The molecular weight excluding hydrogens is 304 g/mol. The highest BCUT2D eigenvalue weighted by atomic mass is 16.7. The minimum atomic E-state index is -1.46. The van der Waals surface area contributed by atoms with Gasteiger partial charge in [-0.1, -0.05) is 17.7 Å². The van der Waals surface area contributed by atoms with Crippen LogP contribution >= 0.6 is 0 Å². The Hall–Kier alpha value is -0.800. The van der Waals surface area contributed by atoms with E-state index in [1.807, 2.05) is 19.9 Å². The third kappa shape index (κ3) is 5.96. The van der Waals surface area contributed by atoms with Crippen LogP contribution in [0.1, 0.15) is 27.2 Å². The standard InChI is InChI=1S/C16H28O7/c1-9(2)4-5-11(18)10(3)6-7-22-16-15(21)14(20)13(19)12(8-17)23-16/h4,6,11-21H,5,7-8H2,1-3H3/b10-6+/t11-,12+,13-,14-,15-,16-/m0/s1. The Labute approximate surface area is 136 Å². The highest BCUT2D eigenvalue weighted by molar-refractivity contribution is 5.08. The first-order valence-corrected chi connectivity index (χ1v) is 7.68. The second-order valence-corrected chi connectivity index (χ2v) is 6.01. The molecule has 0 radical (unpaired) electrons. The Balaban J connectivity index is 2.53. The summed E-state index contributed by atoms with van der Waals surface area (Å²) < 4.78 is 10.6. The van der Waals surface area contributed by atoms with E-state index in [4.69, 9.17) is 14.6 Å². The quantitative estimate of drug-likeness (QED) is 0.397. The second-order valence-electron chi connectivity index (χ2n) is 6.01. The van der Waals surface area contributed by atoms with E-state index >= 15 is 0 Å². The molecule has 5 N–H and O–H groups in total. The molecule has 134 valence electrons. The van der Waals surface area contributed by atoms with Gasteiger partial charge in [0, 0.05) is 0 Å². The maximum absolute atomic E-state index is 9.96. The van der Waals surface area contributed by atoms with Gasteiger partial charge in [0.15, 0.2) is 6.29 Å². The average Bonchev–Trinajstić information content (AvgIpc) is 2.52. The molecule has 1 saturated heterocycles. The Morgan fingerprint density at radius 2 is 1.74 bits per heavy atom. The lowest BCUT2D eigenvalue weighted by Crippen LogP contribution is -2.59. The summed E-state index contributed by atoms with van der Waals surface area (Å²) in [5.74, 6) is 0. The molecule has 0 spiro atoms. The van der Waals surface area contributed by atoms with Crippen molar-refractivity contribution in [3.63, 3.8) is 0 Å². The van der Waals surface area contributed by atoms with Crippen LogP contribution in [0.2, 0.25) is 0 Å². The third-order valence-corrected chi connectivity index (χ3v) is 3.79. The first-order chi connectivity index (χ1) is 10.8. The second kappa shape index (κ2) is 9.48. The number of rotatable bonds is 7. The molecule has 0 amide bonds. The number of hydrogen-bond acceptors (Lipinski definition) is 7. The first-order valence-electron chi connectivity index (χ1n) is 7.68. The fourth-order valence-corrected chi connectivity index (χ4v) is 2.15. The topological polar surface area (TPSA) is 120 Å². The maximum Gasteiger partial charge on any atom is 0.187 e. The van der Waals surface area contributed by atoms with Crippen molar-refractivity contribution < 1.29 is 35.0 Å². The number of hydrogen-bond donors (Lipinski definition) is 5. The maximum atomic E-state index is 9.96. The molecular formula is C16H28O7. The summed E-state index contributed by atoms with van der Waals surface area (Å²) in [5.41, 5.74) is 1.83. The fraction of sp³-hybridized carbons (Fsp3) is 0.750. The minimum Gasteiger partial charge on any atom is -0.394 e. The zero-order chi connectivity index (χ0) is 17.6. The van der Waals surface area contributed by atoms with Gasteiger partial charge in [0.1, 0.15) is 24.4 Å². The molecule has 0 aromatic carbocycles. The van der Waals surface area contributed by atoms with Crippen LogP contribution in [-0.2, 0) is 9.47 Å². The smallest absolute Gasteiger partial charge is 0.187 e. The molecule has 0 saturated carbocycles. The van der Waals surface area contributed by atoms with Gasteiger partial charge in [-0.05, 0) is 32.8 Å². The fourth-order valence-electron chi connectivity index (χ4n) is 2.15. The van der Waals surface area contributed by atoms with Crippen LogP contribution < -0.4 is 0 Å². The van der Waals surface area contributed by atoms with E-state index in [1.54, 1.807) is 13.0 Å². The van der Waals surface area contributed by atoms with Crippen molar-refractivity contribution in [2.24, 2.45) is 0 Å². The molecule has 1 heterocycles. The molecule has 0 bridgehead atoms. The molecule has 0 aliphatic carbocycles. The van der Waals surface area contributed by atoms with Crippen LogP contribution in [0.25, 0.3) is 0 Å². The van der Waals surface area contributed by atoms with Gasteiger partial charge in [-0.15, -0.1) is 0 Å². The number of allylic oxidation sites excluding steroid dienone is 1. The van der Waals surface area contributed by atoms with Crippen LogP contribution in [0.4, 0.5) is 0 Å². The summed E-state index contributed by atoms with van der Waals surface area (Å²) in [7, 11) is 0. The van der Waals surface area contributed by atoms with Gasteiger partial charge >= 0.3 is 0 Å². The SMILES string of the molecule is CC(C)=CC[C@H](O)/C(C)=C/CO[C@H]1O[C@H](CO)[C@H](O)[C@H](O)[C@@H]1O. The van der Waals surface area contributed by atoms with E-state index in [9.17, 15) is 20.4 Å². The lowest BCUT2D eigenvalue weighted by atomic mass is 9.99. The first kappa shape index (κ1) is 20.2. The largest absolute Gasteiger partial charge is 0.394 e. The van der Waals surface area contributed by atoms with Gasteiger partial charge in [0.05, 0.1) is 19.3 Å². The molecule has 0 aromatic heterocycles. The molecule has 7 nitrogen and oxygen atoms in total. The molecule has 0 unspecified atom stereocenters. The van der Waals surface area contributed by atoms with Gasteiger partial charge in [-0.25, -0.2) is 0 Å². The monoisotopic (exact) mass is 332 g/mol. The molecule has 1 fully saturated rings. The van der Waals surface area contributed by atoms with E-state index in [-0.39, 0.29) is 6.61 Å². The van der Waals surface area contributed by atoms with Crippen molar-refractivity contribution in [1.82, 2.24) is 0 Å². The Bertz CT molecular complexity index is 415. The van der Waals surface area contributed by atoms with Crippen molar-refractivity contribution in [2.45, 2.75) is 64.0 Å². The van der Waals surface area contributed by atoms with E-state index in [0.29, 0.717) is 12.0 Å². The van der Waals surface area contributed by atoms with Crippen molar-refractivity contribution in [2.75, 3.05) is 13.2 Å². The summed E-state index contributed by atoms with van der Waals surface area (Å²) in [6.07, 6.45) is -2.97. The van der Waals surface area contributed by atoms with Crippen molar-refractivity contribution >= 4 is 0 Å². The highest BCUT2D eigenvalue weighted by Gasteiger charge is 2.43. The third-order valence-electron chi connectivity index (χ3n) is 3.79. The zero-order valence-corrected chi connectivity index (χ0v) is 13.8. The Kier molecular flexibility index (Phi) is 8.35. The van der Waals surface area contributed by atoms with E-state index in [0.717, 1.165) is 5.57 Å². The number of aliphatic hydroxyl groups is 5. The molecule has 6 atom stereocenters. The van der Waals surface area contributed by atoms with Crippen LogP contribution in [0, 0.1) is 0 Å². The van der Waals surface area contributed by atoms with E-state index in [1.165, 1.54) is 0 Å². The Morgan fingerprint density at radius 1 is 1.09 bits per heavy atom. The summed E-state index contributed by atoms with van der Waals surface area (Å²) >= 11 is 0. The normalized spacial score (nSPS) is 33.4. The summed E-state index contributed by atoms with van der Waals surface area (Å²) in [5, 5.41) is 48.2. The minimum absolute atomic E-state index is 0.0560. The summed E-state index contributed by atoms with van der Waals surface area (Å²) in [6, 6.07) is 0. The zero-order valence-electron chi connectivity index (χ0n) is 13.8.